The Morgan fingerprint density at radius 1 is 1.53 bits per heavy atom. The molecule has 1 atom stereocenters. The Hall–Kier alpha value is -1.89. The number of amides is 1. The maximum Gasteiger partial charge on any atom is 0.328 e. The van der Waals surface area contributed by atoms with Gasteiger partial charge in [0.25, 0.3) is 5.91 Å². The molecular weight excluding hydrogens is 248 g/mol. The molecule has 0 aliphatic heterocycles. The lowest BCUT2D eigenvalue weighted by atomic mass is 10.0. The molecule has 0 aromatic carbocycles. The van der Waals surface area contributed by atoms with Gasteiger partial charge in [0.2, 0.25) is 0 Å². The number of methoxy groups -OCH3 is 1. The van der Waals surface area contributed by atoms with Gasteiger partial charge in [0.05, 0.1) is 13.4 Å². The molecule has 106 valence electrons. The average molecular weight is 268 g/mol. The molecule has 19 heavy (non-hydrogen) atoms. The summed E-state index contributed by atoms with van der Waals surface area (Å²) in [5.74, 6) is -0.938. The van der Waals surface area contributed by atoms with Crippen LogP contribution < -0.4 is 11.1 Å². The number of hydrogen-bond donors (Lipinski definition) is 2. The van der Waals surface area contributed by atoms with Crippen molar-refractivity contribution in [1.29, 1.82) is 0 Å². The lowest BCUT2D eigenvalue weighted by Crippen LogP contribution is -2.45. The largest absolute Gasteiger partial charge is 0.467 e. The Kier molecular flexibility index (Phi) is 5.50. The van der Waals surface area contributed by atoms with Crippen LogP contribution in [0.1, 0.15) is 24.3 Å². The normalized spacial score (nSPS) is 12.3. The second-order valence-corrected chi connectivity index (χ2v) is 4.50. The SMILES string of the molecule is COC(=O)[C@@H](NC(=O)c1cn(CCN)cn1)C(C)C. The fourth-order valence-corrected chi connectivity index (χ4v) is 1.59. The number of carbonyl (C=O) groups is 2. The quantitative estimate of drug-likeness (QED) is 0.694. The summed E-state index contributed by atoms with van der Waals surface area (Å²) in [6, 6.07) is -0.683. The van der Waals surface area contributed by atoms with E-state index in [4.69, 9.17) is 5.73 Å². The minimum Gasteiger partial charge on any atom is -0.467 e. The number of imidazole rings is 1. The van der Waals surface area contributed by atoms with Crippen LogP contribution in [0.5, 0.6) is 0 Å². The van der Waals surface area contributed by atoms with Gasteiger partial charge in [-0.15, -0.1) is 0 Å². The Labute approximate surface area is 112 Å². The minimum atomic E-state index is -0.683. The molecule has 7 heteroatoms. The molecule has 0 fully saturated rings. The average Bonchev–Trinajstić information content (AvgIpc) is 2.83. The number of hydrogen-bond acceptors (Lipinski definition) is 5. The number of esters is 1. The van der Waals surface area contributed by atoms with Crippen LogP contribution in [-0.4, -0.2) is 41.1 Å². The van der Waals surface area contributed by atoms with Crippen molar-refractivity contribution in [2.45, 2.75) is 26.4 Å². The molecule has 3 N–H and O–H groups in total. The lowest BCUT2D eigenvalue weighted by Gasteiger charge is -2.19. The number of nitrogens with one attached hydrogen (secondary N) is 1. The van der Waals surface area contributed by atoms with Crippen LogP contribution in [-0.2, 0) is 16.1 Å². The van der Waals surface area contributed by atoms with Crippen LogP contribution in [0.3, 0.4) is 0 Å². The van der Waals surface area contributed by atoms with Gasteiger partial charge in [0.1, 0.15) is 11.7 Å². The van der Waals surface area contributed by atoms with Gasteiger partial charge < -0.3 is 20.4 Å². The van der Waals surface area contributed by atoms with E-state index < -0.39 is 17.9 Å². The summed E-state index contributed by atoms with van der Waals surface area (Å²) in [6.07, 6.45) is 3.13. The van der Waals surface area contributed by atoms with E-state index >= 15 is 0 Å². The molecule has 0 saturated heterocycles. The fraction of sp³-hybridized carbons (Fsp3) is 0.583. The molecule has 1 heterocycles. The van der Waals surface area contributed by atoms with E-state index in [2.05, 4.69) is 15.0 Å². The van der Waals surface area contributed by atoms with Gasteiger partial charge in [-0.05, 0) is 5.92 Å². The summed E-state index contributed by atoms with van der Waals surface area (Å²) in [6.45, 7) is 4.71. The summed E-state index contributed by atoms with van der Waals surface area (Å²) in [5.41, 5.74) is 5.67. The first-order chi connectivity index (χ1) is 8.99. The van der Waals surface area contributed by atoms with Gasteiger partial charge >= 0.3 is 5.97 Å². The van der Waals surface area contributed by atoms with Crippen molar-refractivity contribution in [2.75, 3.05) is 13.7 Å². The zero-order valence-electron chi connectivity index (χ0n) is 11.4. The Balaban J connectivity index is 2.73. The van der Waals surface area contributed by atoms with Gasteiger partial charge in [-0.1, -0.05) is 13.8 Å². The van der Waals surface area contributed by atoms with Crippen molar-refractivity contribution in [3.8, 4) is 0 Å². The molecule has 0 unspecified atom stereocenters. The van der Waals surface area contributed by atoms with Gasteiger partial charge in [-0.2, -0.15) is 0 Å². The van der Waals surface area contributed by atoms with E-state index in [0.29, 0.717) is 13.1 Å². The summed E-state index contributed by atoms with van der Waals surface area (Å²) in [5, 5.41) is 2.62. The number of nitrogens with two attached hydrogens (primary N) is 1. The van der Waals surface area contributed by atoms with Crippen molar-refractivity contribution >= 4 is 11.9 Å². The Bertz CT molecular complexity index is 442. The van der Waals surface area contributed by atoms with Gasteiger partial charge in [0.15, 0.2) is 0 Å². The molecule has 0 aliphatic carbocycles. The van der Waals surface area contributed by atoms with E-state index in [1.54, 1.807) is 10.8 Å². The summed E-state index contributed by atoms with van der Waals surface area (Å²) >= 11 is 0. The first kappa shape index (κ1) is 15.2. The maximum atomic E-state index is 12.0. The molecule has 0 saturated carbocycles. The van der Waals surface area contributed by atoms with E-state index in [-0.39, 0.29) is 11.6 Å². The van der Waals surface area contributed by atoms with E-state index in [9.17, 15) is 9.59 Å². The number of nitrogens with zero attached hydrogens (tertiary/aromatic N) is 2. The summed E-state index contributed by atoms with van der Waals surface area (Å²) in [7, 11) is 1.29. The zero-order chi connectivity index (χ0) is 14.4. The second kappa shape index (κ2) is 6.89. The van der Waals surface area contributed by atoms with Gasteiger partial charge in [-0.25, -0.2) is 9.78 Å². The summed E-state index contributed by atoms with van der Waals surface area (Å²) < 4.78 is 6.38. The van der Waals surface area contributed by atoms with Gasteiger partial charge in [0, 0.05) is 19.3 Å². The Morgan fingerprint density at radius 3 is 2.74 bits per heavy atom. The predicted molar refractivity (Wildman–Crippen MR) is 69.4 cm³/mol. The molecule has 0 bridgehead atoms. The van der Waals surface area contributed by atoms with Crippen LogP contribution in [0.25, 0.3) is 0 Å². The standard InChI is InChI=1S/C12H20N4O3/c1-8(2)10(12(18)19-3)15-11(17)9-6-16(5-4-13)7-14-9/h6-8,10H,4-5,13H2,1-3H3,(H,15,17)/t10-/m0/s1. The lowest BCUT2D eigenvalue weighted by molar-refractivity contribution is -0.144. The third-order valence-corrected chi connectivity index (χ3v) is 2.66. The van der Waals surface area contributed by atoms with Crippen LogP contribution in [0, 0.1) is 5.92 Å². The van der Waals surface area contributed by atoms with Crippen LogP contribution >= 0.6 is 0 Å². The highest BCUT2D eigenvalue weighted by atomic mass is 16.5. The van der Waals surface area contributed by atoms with E-state index in [0.717, 1.165) is 0 Å². The number of carbonyl (C=O) groups excluding carboxylic acids is 2. The van der Waals surface area contributed by atoms with Crippen molar-refractivity contribution < 1.29 is 14.3 Å². The smallest absolute Gasteiger partial charge is 0.328 e. The predicted octanol–water partition coefficient (Wildman–Crippen LogP) is -0.231. The molecule has 1 aromatic rings. The number of aromatic nitrogens is 2. The van der Waals surface area contributed by atoms with Crippen molar-refractivity contribution in [3.63, 3.8) is 0 Å². The number of ether oxygens (including phenoxy) is 1. The topological polar surface area (TPSA) is 99.2 Å². The second-order valence-electron chi connectivity index (χ2n) is 4.50. The van der Waals surface area contributed by atoms with Crippen molar-refractivity contribution in [3.05, 3.63) is 18.2 Å². The molecule has 0 radical (unpaired) electrons. The highest BCUT2D eigenvalue weighted by Crippen LogP contribution is 2.05. The van der Waals surface area contributed by atoms with Crippen LogP contribution in [0.2, 0.25) is 0 Å². The molecule has 7 nitrogen and oxygen atoms in total. The third-order valence-electron chi connectivity index (χ3n) is 2.66. The third kappa shape index (κ3) is 4.06. The number of rotatable bonds is 6. The van der Waals surface area contributed by atoms with Crippen molar-refractivity contribution in [1.82, 2.24) is 14.9 Å². The first-order valence-electron chi connectivity index (χ1n) is 6.10. The van der Waals surface area contributed by atoms with Crippen LogP contribution in [0.15, 0.2) is 12.5 Å². The minimum absolute atomic E-state index is 0.0671. The zero-order valence-corrected chi connectivity index (χ0v) is 11.4. The maximum absolute atomic E-state index is 12.0. The molecule has 1 aromatic heterocycles. The van der Waals surface area contributed by atoms with E-state index in [1.807, 2.05) is 13.8 Å². The molecular formula is C12H20N4O3. The van der Waals surface area contributed by atoms with Crippen molar-refractivity contribution in [2.24, 2.45) is 11.7 Å². The Morgan fingerprint density at radius 2 is 2.21 bits per heavy atom. The van der Waals surface area contributed by atoms with E-state index in [1.165, 1.54) is 13.4 Å². The molecule has 0 aliphatic rings. The molecule has 1 amide bonds. The fourth-order valence-electron chi connectivity index (χ4n) is 1.59. The highest BCUT2D eigenvalue weighted by Gasteiger charge is 2.26. The first-order valence-corrected chi connectivity index (χ1v) is 6.10. The summed E-state index contributed by atoms with van der Waals surface area (Å²) in [4.78, 5) is 27.5. The molecule has 0 spiro atoms. The monoisotopic (exact) mass is 268 g/mol. The highest BCUT2D eigenvalue weighted by molar-refractivity contribution is 5.95. The van der Waals surface area contributed by atoms with Gasteiger partial charge in [-0.3, -0.25) is 4.79 Å². The molecule has 1 rings (SSSR count). The van der Waals surface area contributed by atoms with Crippen LogP contribution in [0.4, 0.5) is 0 Å².